The van der Waals surface area contributed by atoms with Gasteiger partial charge in [-0.15, -0.1) is 0 Å². The van der Waals surface area contributed by atoms with Crippen LogP contribution in [0.1, 0.15) is 45.6 Å². The predicted octanol–water partition coefficient (Wildman–Crippen LogP) is 3.15. The Morgan fingerprint density at radius 3 is 2.59 bits per heavy atom. The zero-order valence-corrected chi connectivity index (χ0v) is 16.5. The predicted molar refractivity (Wildman–Crippen MR) is 99.8 cm³/mol. The van der Waals surface area contributed by atoms with Crippen molar-refractivity contribution in [2.24, 2.45) is 5.41 Å². The molecule has 6 nitrogen and oxygen atoms in total. The first-order chi connectivity index (χ1) is 12.6. The quantitative estimate of drug-likeness (QED) is 0.656. The molecule has 1 saturated carbocycles. The van der Waals surface area contributed by atoms with Gasteiger partial charge in [-0.25, -0.2) is 9.18 Å². The van der Waals surface area contributed by atoms with Crippen LogP contribution in [0.4, 0.5) is 9.18 Å². The van der Waals surface area contributed by atoms with Gasteiger partial charge in [-0.05, 0) is 51.5 Å². The monoisotopic (exact) mass is 400 g/mol. The van der Waals surface area contributed by atoms with Gasteiger partial charge >= 0.3 is 6.09 Å². The zero-order valence-electron chi connectivity index (χ0n) is 15.8. The van der Waals surface area contributed by atoms with Gasteiger partial charge < -0.3 is 20.5 Å². The number of aliphatic hydroxyl groups excluding tert-OH is 1. The van der Waals surface area contributed by atoms with Crippen molar-refractivity contribution in [1.82, 2.24) is 10.6 Å². The first-order valence-corrected chi connectivity index (χ1v) is 9.24. The molecule has 1 aliphatic rings. The number of nitrogens with one attached hydrogen (secondary N) is 2. The van der Waals surface area contributed by atoms with Crippen LogP contribution in [0.25, 0.3) is 0 Å². The lowest BCUT2D eigenvalue weighted by Gasteiger charge is -2.25. The third-order valence-corrected chi connectivity index (χ3v) is 4.71. The highest BCUT2D eigenvalue weighted by Crippen LogP contribution is 2.49. The van der Waals surface area contributed by atoms with E-state index in [1.165, 1.54) is 12.1 Å². The molecular weight excluding hydrogens is 375 g/mol. The van der Waals surface area contributed by atoms with E-state index in [4.69, 9.17) is 16.3 Å². The highest BCUT2D eigenvalue weighted by atomic mass is 35.5. The van der Waals surface area contributed by atoms with Gasteiger partial charge in [-0.2, -0.15) is 0 Å². The van der Waals surface area contributed by atoms with E-state index < -0.39 is 29.5 Å². The normalized spacial score (nSPS) is 16.4. The van der Waals surface area contributed by atoms with Gasteiger partial charge in [0.25, 0.3) is 0 Å². The molecule has 1 aromatic carbocycles. The molecule has 0 saturated heterocycles. The molecule has 1 atom stereocenters. The van der Waals surface area contributed by atoms with E-state index in [0.29, 0.717) is 0 Å². The second kappa shape index (κ2) is 8.44. The van der Waals surface area contributed by atoms with Gasteiger partial charge in [-0.3, -0.25) is 4.79 Å². The Bertz CT molecular complexity index is 701. The van der Waals surface area contributed by atoms with Crippen molar-refractivity contribution < 1.29 is 23.8 Å². The van der Waals surface area contributed by atoms with E-state index in [1.54, 1.807) is 26.8 Å². The summed E-state index contributed by atoms with van der Waals surface area (Å²) in [6.07, 6.45) is 1.13. The summed E-state index contributed by atoms with van der Waals surface area (Å²) in [4.78, 5) is 24.7. The Labute approximate surface area is 163 Å². The minimum atomic E-state index is -0.892. The van der Waals surface area contributed by atoms with E-state index >= 15 is 0 Å². The number of benzene rings is 1. The van der Waals surface area contributed by atoms with Crippen molar-refractivity contribution >= 4 is 23.6 Å². The second-order valence-electron chi connectivity index (χ2n) is 7.99. The minimum absolute atomic E-state index is 0.0256. The molecule has 150 valence electrons. The standard InChI is InChI=1S/C19H26ClFN2O4/c1-18(2,3)27-17(26)23-14(9-19(11-24)7-8-19)16(25)22-10-12-5-4-6-13(20)15(12)21/h4-6,14,24H,7-11H2,1-3H3,(H,22,25)(H,23,26)/t14-/m0/s1. The summed E-state index contributed by atoms with van der Waals surface area (Å²) in [6, 6.07) is 3.65. The van der Waals surface area contributed by atoms with Gasteiger partial charge in [0.15, 0.2) is 0 Å². The molecule has 1 fully saturated rings. The van der Waals surface area contributed by atoms with Gasteiger partial charge in [0, 0.05) is 18.7 Å². The lowest BCUT2D eigenvalue weighted by atomic mass is 9.97. The highest BCUT2D eigenvalue weighted by molar-refractivity contribution is 6.30. The number of amides is 2. The van der Waals surface area contributed by atoms with E-state index in [-0.39, 0.29) is 35.6 Å². The summed E-state index contributed by atoms with van der Waals surface area (Å²) in [7, 11) is 0. The maximum absolute atomic E-state index is 14.0. The summed E-state index contributed by atoms with van der Waals surface area (Å²) in [6.45, 7) is 5.04. The largest absolute Gasteiger partial charge is 0.444 e. The molecule has 2 rings (SSSR count). The fourth-order valence-electron chi connectivity index (χ4n) is 2.69. The Morgan fingerprint density at radius 1 is 1.37 bits per heavy atom. The van der Waals surface area contributed by atoms with Crippen LogP contribution >= 0.6 is 11.6 Å². The van der Waals surface area contributed by atoms with E-state index in [1.807, 2.05) is 0 Å². The Morgan fingerprint density at radius 2 is 2.04 bits per heavy atom. The SMILES string of the molecule is CC(C)(C)OC(=O)N[C@@H](CC1(CO)CC1)C(=O)NCc1cccc(Cl)c1F. The maximum Gasteiger partial charge on any atom is 0.408 e. The van der Waals surface area contributed by atoms with Crippen molar-refractivity contribution in [3.8, 4) is 0 Å². The fourth-order valence-corrected chi connectivity index (χ4v) is 2.88. The molecule has 27 heavy (non-hydrogen) atoms. The molecule has 3 N–H and O–H groups in total. The summed E-state index contributed by atoms with van der Waals surface area (Å²) in [5.41, 5.74) is -0.822. The van der Waals surface area contributed by atoms with Crippen molar-refractivity contribution in [3.05, 3.63) is 34.6 Å². The van der Waals surface area contributed by atoms with Crippen molar-refractivity contribution in [1.29, 1.82) is 0 Å². The smallest absolute Gasteiger partial charge is 0.408 e. The number of rotatable bonds is 7. The van der Waals surface area contributed by atoms with E-state index in [2.05, 4.69) is 10.6 Å². The Balaban J connectivity index is 2.03. The molecule has 0 spiro atoms. The zero-order chi connectivity index (χ0) is 20.2. The van der Waals surface area contributed by atoms with Crippen molar-refractivity contribution in [2.75, 3.05) is 6.61 Å². The lowest BCUT2D eigenvalue weighted by Crippen LogP contribution is -2.49. The number of alkyl carbamates (subject to hydrolysis) is 1. The lowest BCUT2D eigenvalue weighted by molar-refractivity contribution is -0.124. The van der Waals surface area contributed by atoms with Crippen LogP contribution in [0.15, 0.2) is 18.2 Å². The van der Waals surface area contributed by atoms with Gasteiger partial charge in [0.2, 0.25) is 5.91 Å². The van der Waals surface area contributed by atoms with Crippen LogP contribution in [0.3, 0.4) is 0 Å². The first-order valence-electron chi connectivity index (χ1n) is 8.86. The minimum Gasteiger partial charge on any atom is -0.444 e. The van der Waals surface area contributed by atoms with Crippen molar-refractivity contribution in [2.45, 2.75) is 58.2 Å². The molecule has 0 unspecified atom stereocenters. The maximum atomic E-state index is 14.0. The van der Waals surface area contributed by atoms with Crippen molar-refractivity contribution in [3.63, 3.8) is 0 Å². The summed E-state index contributed by atoms with van der Waals surface area (Å²) in [5.74, 6) is -1.06. The van der Waals surface area contributed by atoms with Gasteiger partial charge in [-0.1, -0.05) is 23.7 Å². The number of carbonyl (C=O) groups excluding carboxylic acids is 2. The average molecular weight is 401 g/mol. The summed E-state index contributed by atoms with van der Waals surface area (Å²) < 4.78 is 19.2. The molecule has 1 aliphatic carbocycles. The molecule has 0 bridgehead atoms. The number of aliphatic hydroxyl groups is 1. The molecular formula is C19H26ClFN2O4. The van der Waals surface area contributed by atoms with Gasteiger partial charge in [0.1, 0.15) is 17.5 Å². The average Bonchev–Trinajstić information content (AvgIpc) is 3.34. The molecule has 2 amide bonds. The van der Waals surface area contributed by atoms with Gasteiger partial charge in [0.05, 0.1) is 5.02 Å². The number of halogens is 2. The van der Waals surface area contributed by atoms with E-state index in [9.17, 15) is 19.1 Å². The number of carbonyl (C=O) groups is 2. The van der Waals surface area contributed by atoms with Crippen LogP contribution < -0.4 is 10.6 Å². The summed E-state index contributed by atoms with van der Waals surface area (Å²) >= 11 is 5.75. The van der Waals surface area contributed by atoms with Crippen LogP contribution in [0.5, 0.6) is 0 Å². The fraction of sp³-hybridized carbons (Fsp3) is 0.579. The molecule has 8 heteroatoms. The van der Waals surface area contributed by atoms with Crippen LogP contribution in [0.2, 0.25) is 5.02 Å². The second-order valence-corrected chi connectivity index (χ2v) is 8.40. The van der Waals surface area contributed by atoms with Crippen LogP contribution in [-0.2, 0) is 16.1 Å². The molecule has 0 heterocycles. The number of hydrogen-bond donors (Lipinski definition) is 3. The van der Waals surface area contributed by atoms with Crippen LogP contribution in [-0.4, -0.2) is 35.4 Å². The summed E-state index contributed by atoms with van der Waals surface area (Å²) in [5, 5.41) is 14.7. The van der Waals surface area contributed by atoms with E-state index in [0.717, 1.165) is 12.8 Å². The molecule has 0 aromatic heterocycles. The topological polar surface area (TPSA) is 87.7 Å². The number of ether oxygens (including phenoxy) is 1. The highest BCUT2D eigenvalue weighted by Gasteiger charge is 2.45. The molecule has 1 aromatic rings. The molecule has 0 aliphatic heterocycles. The molecule has 0 radical (unpaired) electrons. The third-order valence-electron chi connectivity index (χ3n) is 4.42. The Hall–Kier alpha value is -1.86. The number of hydrogen-bond acceptors (Lipinski definition) is 4. The first kappa shape index (κ1) is 21.4. The van der Waals surface area contributed by atoms with Crippen LogP contribution in [0, 0.1) is 11.2 Å². The Kier molecular flexibility index (Phi) is 6.70. The third kappa shape index (κ3) is 6.36.